The summed E-state index contributed by atoms with van der Waals surface area (Å²) in [6.07, 6.45) is 1.62. The van der Waals surface area contributed by atoms with E-state index in [-0.39, 0.29) is 11.3 Å². The highest BCUT2D eigenvalue weighted by Gasteiger charge is 2.15. The second-order valence-corrected chi connectivity index (χ2v) is 5.73. The Morgan fingerprint density at radius 3 is 2.72 bits per heavy atom. The number of carbonyl (C=O) groups is 1. The van der Waals surface area contributed by atoms with Crippen molar-refractivity contribution in [1.29, 1.82) is 0 Å². The molecule has 0 saturated heterocycles. The number of hydrogen-bond acceptors (Lipinski definition) is 4. The smallest absolute Gasteiger partial charge is 0.270 e. The second kappa shape index (κ2) is 6.74. The molecule has 126 valence electrons. The van der Waals surface area contributed by atoms with Crippen LogP contribution in [0.25, 0.3) is 11.3 Å². The number of nitro benzene ring substituents is 1. The summed E-state index contributed by atoms with van der Waals surface area (Å²) in [6.45, 7) is 0. The molecule has 2 aromatic carbocycles. The van der Waals surface area contributed by atoms with Crippen molar-refractivity contribution in [3.05, 3.63) is 75.4 Å². The second-order valence-electron chi connectivity index (χ2n) is 5.30. The fourth-order valence-corrected chi connectivity index (χ4v) is 2.57. The van der Waals surface area contributed by atoms with Gasteiger partial charge in [-0.1, -0.05) is 29.8 Å². The summed E-state index contributed by atoms with van der Waals surface area (Å²) in [5.41, 5.74) is 1.67. The van der Waals surface area contributed by atoms with E-state index in [1.54, 1.807) is 29.9 Å². The van der Waals surface area contributed by atoms with Crippen molar-refractivity contribution in [2.24, 2.45) is 7.05 Å². The Morgan fingerprint density at radius 1 is 1.24 bits per heavy atom. The molecule has 1 N–H and O–H groups in total. The summed E-state index contributed by atoms with van der Waals surface area (Å²) < 4.78 is 1.71. The molecule has 0 aliphatic rings. The van der Waals surface area contributed by atoms with E-state index in [1.165, 1.54) is 24.3 Å². The molecule has 0 atom stereocenters. The molecular weight excluding hydrogens is 344 g/mol. The van der Waals surface area contributed by atoms with E-state index >= 15 is 0 Å². The van der Waals surface area contributed by atoms with Crippen LogP contribution in [0.5, 0.6) is 0 Å². The molecule has 1 amide bonds. The molecule has 8 heteroatoms. The first-order valence-electron chi connectivity index (χ1n) is 7.29. The van der Waals surface area contributed by atoms with E-state index in [0.29, 0.717) is 11.0 Å². The molecule has 0 saturated carbocycles. The standard InChI is InChI=1S/C17H13ClN4O3/c1-21-15(11-4-2-6-13(18)8-11)10-19-17(21)20-16(23)12-5-3-7-14(9-12)22(24)25/h2-10H,1H3,(H,19,20,23). The van der Waals surface area contributed by atoms with Gasteiger partial charge in [0.25, 0.3) is 11.6 Å². The number of carbonyl (C=O) groups excluding carboxylic acids is 1. The van der Waals surface area contributed by atoms with Crippen LogP contribution >= 0.6 is 11.6 Å². The highest BCUT2D eigenvalue weighted by Crippen LogP contribution is 2.25. The number of amides is 1. The number of aromatic nitrogens is 2. The summed E-state index contributed by atoms with van der Waals surface area (Å²) >= 11 is 6.00. The predicted molar refractivity (Wildman–Crippen MR) is 94.7 cm³/mol. The molecule has 7 nitrogen and oxygen atoms in total. The molecule has 1 heterocycles. The molecule has 3 aromatic rings. The van der Waals surface area contributed by atoms with Gasteiger partial charge in [0.15, 0.2) is 0 Å². The lowest BCUT2D eigenvalue weighted by molar-refractivity contribution is -0.384. The van der Waals surface area contributed by atoms with Crippen molar-refractivity contribution in [2.75, 3.05) is 5.32 Å². The lowest BCUT2D eigenvalue weighted by Gasteiger charge is -2.08. The summed E-state index contributed by atoms with van der Waals surface area (Å²) in [4.78, 5) is 26.8. The van der Waals surface area contributed by atoms with Crippen LogP contribution in [0.1, 0.15) is 10.4 Å². The summed E-state index contributed by atoms with van der Waals surface area (Å²) in [5.74, 6) is -0.151. The molecule has 0 radical (unpaired) electrons. The Balaban J connectivity index is 1.85. The van der Waals surface area contributed by atoms with Gasteiger partial charge < -0.3 is 4.57 Å². The number of non-ortho nitro benzene ring substituents is 1. The van der Waals surface area contributed by atoms with E-state index in [9.17, 15) is 14.9 Å². The highest BCUT2D eigenvalue weighted by molar-refractivity contribution is 6.30. The molecule has 0 unspecified atom stereocenters. The fraction of sp³-hybridized carbons (Fsp3) is 0.0588. The monoisotopic (exact) mass is 356 g/mol. The first-order valence-corrected chi connectivity index (χ1v) is 7.67. The molecule has 3 rings (SSSR count). The summed E-state index contributed by atoms with van der Waals surface area (Å²) in [7, 11) is 1.76. The minimum Gasteiger partial charge on any atom is -0.313 e. The van der Waals surface area contributed by atoms with Crippen LogP contribution in [0.3, 0.4) is 0 Å². The van der Waals surface area contributed by atoms with Gasteiger partial charge in [-0.3, -0.25) is 20.2 Å². The predicted octanol–water partition coefficient (Wildman–Crippen LogP) is 3.90. The zero-order valence-electron chi connectivity index (χ0n) is 13.1. The van der Waals surface area contributed by atoms with Crippen LogP contribution < -0.4 is 5.32 Å². The zero-order chi connectivity index (χ0) is 18.0. The van der Waals surface area contributed by atoms with Crippen LogP contribution in [0.15, 0.2) is 54.7 Å². The third-order valence-corrected chi connectivity index (χ3v) is 3.89. The van der Waals surface area contributed by atoms with Gasteiger partial charge in [0.05, 0.1) is 16.8 Å². The van der Waals surface area contributed by atoms with Crippen LogP contribution in [0.4, 0.5) is 11.6 Å². The average Bonchev–Trinajstić information content (AvgIpc) is 2.95. The van der Waals surface area contributed by atoms with E-state index in [1.807, 2.05) is 12.1 Å². The minimum atomic E-state index is -0.547. The van der Waals surface area contributed by atoms with Gasteiger partial charge in [0.1, 0.15) is 0 Å². The summed E-state index contributed by atoms with van der Waals surface area (Å²) in [5, 5.41) is 14.1. The zero-order valence-corrected chi connectivity index (χ0v) is 13.9. The molecule has 25 heavy (non-hydrogen) atoms. The third-order valence-electron chi connectivity index (χ3n) is 3.65. The average molecular weight is 357 g/mol. The van der Waals surface area contributed by atoms with Gasteiger partial charge in [0.2, 0.25) is 5.95 Å². The van der Waals surface area contributed by atoms with Crippen LogP contribution in [0, 0.1) is 10.1 Å². The molecule has 0 fully saturated rings. The molecule has 0 aliphatic heterocycles. The molecule has 1 aromatic heterocycles. The Morgan fingerprint density at radius 2 is 2.00 bits per heavy atom. The van der Waals surface area contributed by atoms with E-state index in [2.05, 4.69) is 10.3 Å². The first-order chi connectivity index (χ1) is 12.0. The number of benzene rings is 2. The topological polar surface area (TPSA) is 90.1 Å². The van der Waals surface area contributed by atoms with Crippen molar-refractivity contribution in [1.82, 2.24) is 9.55 Å². The number of rotatable bonds is 4. The van der Waals surface area contributed by atoms with Gasteiger partial charge in [-0.25, -0.2) is 4.98 Å². The normalized spacial score (nSPS) is 10.5. The Bertz CT molecular complexity index is 968. The van der Waals surface area contributed by atoms with Crippen molar-refractivity contribution in [3.63, 3.8) is 0 Å². The maximum absolute atomic E-state index is 12.3. The van der Waals surface area contributed by atoms with Crippen LogP contribution in [-0.4, -0.2) is 20.4 Å². The van der Waals surface area contributed by atoms with Crippen molar-refractivity contribution in [3.8, 4) is 11.3 Å². The number of halogens is 1. The summed E-state index contributed by atoms with van der Waals surface area (Å²) in [6, 6.07) is 12.8. The SMILES string of the molecule is Cn1c(-c2cccc(Cl)c2)cnc1NC(=O)c1cccc([N+](=O)[O-])c1. The largest absolute Gasteiger partial charge is 0.313 e. The lowest BCUT2D eigenvalue weighted by atomic mass is 10.2. The van der Waals surface area contributed by atoms with E-state index in [0.717, 1.165) is 11.3 Å². The van der Waals surface area contributed by atoms with E-state index in [4.69, 9.17) is 11.6 Å². The molecular formula is C17H13ClN4O3. The van der Waals surface area contributed by atoms with Crippen molar-refractivity contribution < 1.29 is 9.72 Å². The lowest BCUT2D eigenvalue weighted by Crippen LogP contribution is -2.15. The van der Waals surface area contributed by atoms with Crippen LogP contribution in [0.2, 0.25) is 5.02 Å². The minimum absolute atomic E-state index is 0.146. The van der Waals surface area contributed by atoms with Crippen LogP contribution in [-0.2, 0) is 7.05 Å². The maximum atomic E-state index is 12.3. The molecule has 0 bridgehead atoms. The third kappa shape index (κ3) is 3.51. The Hall–Kier alpha value is -3.19. The fourth-order valence-electron chi connectivity index (χ4n) is 2.38. The Labute approximate surface area is 148 Å². The number of nitrogens with zero attached hydrogens (tertiary/aromatic N) is 3. The number of hydrogen-bond donors (Lipinski definition) is 1. The Kier molecular flexibility index (Phi) is 4.49. The number of nitro groups is 1. The number of nitrogens with one attached hydrogen (secondary N) is 1. The van der Waals surface area contributed by atoms with Gasteiger partial charge >= 0.3 is 0 Å². The van der Waals surface area contributed by atoms with Crippen molar-refractivity contribution in [2.45, 2.75) is 0 Å². The van der Waals surface area contributed by atoms with Gasteiger partial charge in [-0.05, 0) is 18.2 Å². The van der Waals surface area contributed by atoms with E-state index < -0.39 is 10.8 Å². The first kappa shape index (κ1) is 16.7. The number of imidazole rings is 1. The maximum Gasteiger partial charge on any atom is 0.270 e. The van der Waals surface area contributed by atoms with Gasteiger partial charge in [-0.15, -0.1) is 0 Å². The molecule has 0 spiro atoms. The quantitative estimate of drug-likeness (QED) is 0.567. The van der Waals surface area contributed by atoms with Gasteiger partial charge in [-0.2, -0.15) is 0 Å². The number of anilines is 1. The molecule has 0 aliphatic carbocycles. The highest BCUT2D eigenvalue weighted by atomic mass is 35.5. The van der Waals surface area contributed by atoms with Gasteiger partial charge in [0, 0.05) is 35.3 Å². The van der Waals surface area contributed by atoms with Crippen molar-refractivity contribution >= 4 is 29.1 Å².